The summed E-state index contributed by atoms with van der Waals surface area (Å²) in [5.41, 5.74) is 6.54. The van der Waals surface area contributed by atoms with Crippen LogP contribution >= 0.6 is 0 Å². The first kappa shape index (κ1) is 36.8. The van der Waals surface area contributed by atoms with Crippen LogP contribution in [0.25, 0.3) is 0 Å². The van der Waals surface area contributed by atoms with E-state index in [2.05, 4.69) is 10.6 Å². The van der Waals surface area contributed by atoms with Gasteiger partial charge < -0.3 is 30.7 Å². The summed E-state index contributed by atoms with van der Waals surface area (Å²) in [5.74, 6) is -2.56. The minimum atomic E-state index is -1.23. The second kappa shape index (κ2) is 15.5. The molecule has 4 amide bonds. The van der Waals surface area contributed by atoms with Crippen molar-refractivity contribution in [2.45, 2.75) is 104 Å². The lowest BCUT2D eigenvalue weighted by Crippen LogP contribution is -2.54. The van der Waals surface area contributed by atoms with Crippen molar-refractivity contribution in [1.82, 2.24) is 15.5 Å². The first-order valence-electron chi connectivity index (χ1n) is 15.0. The average molecular weight is 625 g/mol. The van der Waals surface area contributed by atoms with Gasteiger partial charge in [0.1, 0.15) is 29.3 Å². The minimum Gasteiger partial charge on any atom is -0.458 e. The van der Waals surface area contributed by atoms with E-state index in [-0.39, 0.29) is 19.3 Å². The smallest absolute Gasteiger partial charge is 0.408 e. The summed E-state index contributed by atoms with van der Waals surface area (Å²) in [4.78, 5) is 67.2. The Morgan fingerprint density at radius 3 is 1.87 bits per heavy atom. The molecule has 11 heteroatoms. The van der Waals surface area contributed by atoms with E-state index in [0.29, 0.717) is 5.56 Å². The van der Waals surface area contributed by atoms with Crippen molar-refractivity contribution in [3.8, 4) is 0 Å². The Hall–Kier alpha value is -4.41. The van der Waals surface area contributed by atoms with E-state index < -0.39 is 59.1 Å². The summed E-state index contributed by atoms with van der Waals surface area (Å²) in [6.07, 6.45) is -1.02. The van der Waals surface area contributed by atoms with Gasteiger partial charge in [-0.15, -0.1) is 0 Å². The zero-order chi connectivity index (χ0) is 34.1. The normalized spacial score (nSPS) is 13.5. The van der Waals surface area contributed by atoms with Gasteiger partial charge in [-0.1, -0.05) is 48.5 Å². The van der Waals surface area contributed by atoms with Gasteiger partial charge in [0.05, 0.1) is 0 Å². The van der Waals surface area contributed by atoms with Crippen LogP contribution in [0.15, 0.2) is 48.5 Å². The number of hydrogen-bond acceptors (Lipinski definition) is 7. The number of primary amides is 1. The van der Waals surface area contributed by atoms with Crippen LogP contribution < -0.4 is 16.4 Å². The number of carbonyl (C=O) groups is 5. The predicted molar refractivity (Wildman–Crippen MR) is 171 cm³/mol. The molecule has 0 aliphatic carbocycles. The molecule has 2 aromatic rings. The minimum absolute atomic E-state index is 0.118. The van der Waals surface area contributed by atoms with Crippen LogP contribution in [0.5, 0.6) is 0 Å². The van der Waals surface area contributed by atoms with Gasteiger partial charge in [0.15, 0.2) is 0 Å². The van der Waals surface area contributed by atoms with E-state index in [9.17, 15) is 24.0 Å². The highest BCUT2D eigenvalue weighted by atomic mass is 16.6. The number of esters is 1. The summed E-state index contributed by atoms with van der Waals surface area (Å²) in [7, 11) is 1.44. The second-order valence-electron chi connectivity index (χ2n) is 13.1. The van der Waals surface area contributed by atoms with Gasteiger partial charge in [0.2, 0.25) is 17.7 Å². The van der Waals surface area contributed by atoms with Crippen molar-refractivity contribution in [2.75, 3.05) is 7.05 Å². The van der Waals surface area contributed by atoms with Crippen molar-refractivity contribution in [3.63, 3.8) is 0 Å². The molecule has 3 atom stereocenters. The molecule has 0 fully saturated rings. The molecular formula is C34H48N4O7. The molecule has 11 nitrogen and oxygen atoms in total. The highest BCUT2D eigenvalue weighted by Gasteiger charge is 2.38. The van der Waals surface area contributed by atoms with Gasteiger partial charge in [0.25, 0.3) is 0 Å². The fourth-order valence-electron chi connectivity index (χ4n) is 4.79. The van der Waals surface area contributed by atoms with E-state index in [4.69, 9.17) is 15.2 Å². The number of nitrogens with one attached hydrogen (secondary N) is 2. The van der Waals surface area contributed by atoms with E-state index in [1.165, 1.54) is 11.9 Å². The molecule has 246 valence electrons. The number of amides is 4. The molecule has 45 heavy (non-hydrogen) atoms. The number of nitrogens with zero attached hydrogens (tertiary/aromatic N) is 1. The molecule has 0 bridgehead atoms. The van der Waals surface area contributed by atoms with E-state index in [1.54, 1.807) is 41.5 Å². The molecule has 0 aliphatic rings. The third-order valence-electron chi connectivity index (χ3n) is 6.76. The number of benzene rings is 2. The maximum absolute atomic E-state index is 14.3. The number of alkyl carbamates (subject to hydrolysis) is 1. The lowest BCUT2D eigenvalue weighted by molar-refractivity contribution is -0.159. The fourth-order valence-corrected chi connectivity index (χ4v) is 4.79. The Labute approximate surface area is 266 Å². The molecular weight excluding hydrogens is 576 g/mol. The molecule has 2 aromatic carbocycles. The zero-order valence-corrected chi connectivity index (χ0v) is 27.9. The third-order valence-corrected chi connectivity index (χ3v) is 6.76. The van der Waals surface area contributed by atoms with E-state index in [0.717, 1.165) is 16.7 Å². The van der Waals surface area contributed by atoms with Crippen LogP contribution in [0.1, 0.15) is 82.7 Å². The zero-order valence-electron chi connectivity index (χ0n) is 27.9. The number of carbonyl (C=O) groups excluding carboxylic acids is 5. The Bertz CT molecular complexity index is 1340. The summed E-state index contributed by atoms with van der Waals surface area (Å²) < 4.78 is 11.0. The predicted octanol–water partition coefficient (Wildman–Crippen LogP) is 4.03. The van der Waals surface area contributed by atoms with E-state index in [1.807, 2.05) is 62.4 Å². The molecule has 0 spiro atoms. The van der Waals surface area contributed by atoms with Crippen LogP contribution in [-0.2, 0) is 35.1 Å². The number of rotatable bonds is 12. The molecule has 4 N–H and O–H groups in total. The number of likely N-dealkylation sites (N-methyl/N-ethyl adjacent to an activating group) is 1. The first-order chi connectivity index (χ1) is 20.8. The lowest BCUT2D eigenvalue weighted by Gasteiger charge is -2.34. The second-order valence-corrected chi connectivity index (χ2v) is 13.1. The van der Waals surface area contributed by atoms with Crippen molar-refractivity contribution in [3.05, 3.63) is 70.8 Å². The summed E-state index contributed by atoms with van der Waals surface area (Å²) in [6.45, 7) is 13.9. The van der Waals surface area contributed by atoms with Crippen LogP contribution in [-0.4, -0.2) is 65.0 Å². The maximum Gasteiger partial charge on any atom is 0.408 e. The van der Waals surface area contributed by atoms with Gasteiger partial charge in [-0.25, -0.2) is 9.59 Å². The SMILES string of the molecule is Cc1cccc(C)c1C(C(=O)NC(Cc1ccccc1)C(=O)OC(C)(C)C)N(C)C(=O)C(CCC(N)=O)NC(=O)OC(C)(C)C. The summed E-state index contributed by atoms with van der Waals surface area (Å²) in [6, 6.07) is 11.2. The van der Waals surface area contributed by atoms with Gasteiger partial charge in [-0.05, 0) is 84.1 Å². The summed E-state index contributed by atoms with van der Waals surface area (Å²) in [5, 5.41) is 5.38. The Morgan fingerprint density at radius 1 is 0.800 bits per heavy atom. The van der Waals surface area contributed by atoms with Crippen LogP contribution in [0, 0.1) is 13.8 Å². The third kappa shape index (κ3) is 11.9. The van der Waals surface area contributed by atoms with Crippen LogP contribution in [0.2, 0.25) is 0 Å². The van der Waals surface area contributed by atoms with Crippen molar-refractivity contribution < 1.29 is 33.4 Å². The largest absolute Gasteiger partial charge is 0.458 e. The average Bonchev–Trinajstić information content (AvgIpc) is 2.90. The lowest BCUT2D eigenvalue weighted by atomic mass is 9.93. The first-order valence-corrected chi connectivity index (χ1v) is 15.0. The molecule has 3 unspecified atom stereocenters. The quantitative estimate of drug-likeness (QED) is 0.301. The Morgan fingerprint density at radius 2 is 1.36 bits per heavy atom. The topological polar surface area (TPSA) is 157 Å². The molecule has 0 saturated heterocycles. The molecule has 0 saturated carbocycles. The molecule has 0 aromatic heterocycles. The number of nitrogens with two attached hydrogens (primary N) is 1. The van der Waals surface area contributed by atoms with Crippen molar-refractivity contribution in [2.24, 2.45) is 5.73 Å². The van der Waals surface area contributed by atoms with E-state index >= 15 is 0 Å². The monoisotopic (exact) mass is 624 g/mol. The van der Waals surface area contributed by atoms with Crippen LogP contribution in [0.3, 0.4) is 0 Å². The highest BCUT2D eigenvalue weighted by Crippen LogP contribution is 2.28. The number of hydrogen-bond donors (Lipinski definition) is 3. The molecule has 0 radical (unpaired) electrons. The fraction of sp³-hybridized carbons (Fsp3) is 0.500. The summed E-state index contributed by atoms with van der Waals surface area (Å²) >= 11 is 0. The van der Waals surface area contributed by atoms with Gasteiger partial charge in [-0.2, -0.15) is 0 Å². The van der Waals surface area contributed by atoms with Crippen molar-refractivity contribution >= 4 is 29.8 Å². The van der Waals surface area contributed by atoms with Gasteiger partial charge in [0, 0.05) is 19.9 Å². The maximum atomic E-state index is 14.3. The van der Waals surface area contributed by atoms with Gasteiger partial charge in [-0.3, -0.25) is 14.4 Å². The number of ether oxygens (including phenoxy) is 2. The molecule has 2 rings (SSSR count). The molecule has 0 aliphatic heterocycles. The van der Waals surface area contributed by atoms with Crippen molar-refractivity contribution in [1.29, 1.82) is 0 Å². The highest BCUT2D eigenvalue weighted by molar-refractivity contribution is 5.94. The number of aryl methyl sites for hydroxylation is 2. The standard InChI is InChI=1S/C34H48N4O7/c1-21-14-13-15-22(2)27(21)28(38(9)30(41)24(18-19-26(35)39)37-32(43)45-34(6,7)8)29(40)36-25(31(42)44-33(3,4)5)20-23-16-11-10-12-17-23/h10-17,24-25,28H,18-20H2,1-9H3,(H2,35,39)(H,36,40)(H,37,43). The Kier molecular flexibility index (Phi) is 12.7. The molecule has 0 heterocycles. The van der Waals surface area contributed by atoms with Crippen LogP contribution in [0.4, 0.5) is 4.79 Å². The van der Waals surface area contributed by atoms with Gasteiger partial charge >= 0.3 is 12.1 Å². The Balaban J connectivity index is 2.55.